The van der Waals surface area contributed by atoms with Crippen molar-refractivity contribution in [3.63, 3.8) is 0 Å². The number of nitrogens with zero attached hydrogens (tertiary/aromatic N) is 3. The highest BCUT2D eigenvalue weighted by Gasteiger charge is 2.16. The number of carbonyl (C=O) groups is 3. The molecule has 1 aromatic heterocycles. The van der Waals surface area contributed by atoms with Crippen LogP contribution in [0.3, 0.4) is 0 Å². The zero-order valence-electron chi connectivity index (χ0n) is 19.6. The zero-order chi connectivity index (χ0) is 25.2. The van der Waals surface area contributed by atoms with E-state index in [1.165, 1.54) is 11.8 Å². The van der Waals surface area contributed by atoms with E-state index in [1.807, 2.05) is 6.07 Å². The number of rotatable bonds is 11. The average Bonchev–Trinajstić information content (AvgIpc) is 3.23. The van der Waals surface area contributed by atoms with Crippen molar-refractivity contribution in [2.45, 2.75) is 38.2 Å². The van der Waals surface area contributed by atoms with Crippen molar-refractivity contribution in [2.75, 3.05) is 11.1 Å². The van der Waals surface area contributed by atoms with Gasteiger partial charge in [-0.15, -0.1) is 16.8 Å². The van der Waals surface area contributed by atoms with Gasteiger partial charge in [0.1, 0.15) is 0 Å². The third kappa shape index (κ3) is 7.54. The number of esters is 1. The van der Waals surface area contributed by atoms with Gasteiger partial charge in [-0.1, -0.05) is 42.1 Å². The predicted molar refractivity (Wildman–Crippen MR) is 134 cm³/mol. The number of amides is 2. The summed E-state index contributed by atoms with van der Waals surface area (Å²) >= 11 is 1.21. The summed E-state index contributed by atoms with van der Waals surface area (Å²) in [5, 5.41) is 14.5. The molecule has 0 radical (unpaired) electrons. The molecule has 0 saturated heterocycles. The minimum absolute atomic E-state index is 0.0757. The Hall–Kier alpha value is -3.92. The van der Waals surface area contributed by atoms with Gasteiger partial charge in [-0.25, -0.2) is 4.79 Å². The number of ether oxygens (including phenoxy) is 1. The van der Waals surface area contributed by atoms with Crippen LogP contribution in [0.1, 0.15) is 40.4 Å². The lowest BCUT2D eigenvalue weighted by molar-refractivity contribution is -0.113. The van der Waals surface area contributed by atoms with Gasteiger partial charge in [0, 0.05) is 17.8 Å². The van der Waals surface area contributed by atoms with Crippen molar-refractivity contribution in [3.05, 3.63) is 84.2 Å². The van der Waals surface area contributed by atoms with E-state index in [0.717, 1.165) is 0 Å². The van der Waals surface area contributed by atoms with Crippen LogP contribution in [0, 0.1) is 0 Å². The molecule has 0 unspecified atom stereocenters. The molecular weight excluding hydrogens is 466 g/mol. The zero-order valence-corrected chi connectivity index (χ0v) is 20.4. The van der Waals surface area contributed by atoms with E-state index >= 15 is 0 Å². The van der Waals surface area contributed by atoms with Crippen LogP contribution < -0.4 is 10.6 Å². The number of carbonyl (C=O) groups excluding carboxylic acids is 3. The Kier molecular flexibility index (Phi) is 9.19. The van der Waals surface area contributed by atoms with Crippen LogP contribution in [-0.2, 0) is 22.6 Å². The Morgan fingerprint density at radius 3 is 2.54 bits per heavy atom. The van der Waals surface area contributed by atoms with Crippen LogP contribution in [0.5, 0.6) is 0 Å². The molecule has 10 heteroatoms. The molecule has 0 saturated carbocycles. The lowest BCUT2D eigenvalue weighted by Crippen LogP contribution is -2.24. The Labute approximate surface area is 208 Å². The SMILES string of the molecule is C=CCn1c(CNC(=O)c2ccccc2)nnc1SCC(=O)Nc1cccc(C(=O)OC(C)C)c1. The van der Waals surface area contributed by atoms with E-state index in [4.69, 9.17) is 4.74 Å². The van der Waals surface area contributed by atoms with Gasteiger partial charge >= 0.3 is 5.97 Å². The van der Waals surface area contributed by atoms with Crippen LogP contribution in [-0.4, -0.2) is 44.4 Å². The molecule has 182 valence electrons. The fourth-order valence-corrected chi connectivity index (χ4v) is 3.82. The van der Waals surface area contributed by atoms with E-state index in [9.17, 15) is 14.4 Å². The number of aromatic nitrogens is 3. The minimum atomic E-state index is -0.449. The Bertz CT molecular complexity index is 1190. The summed E-state index contributed by atoms with van der Waals surface area (Å²) in [6, 6.07) is 15.5. The molecule has 0 aliphatic heterocycles. The van der Waals surface area contributed by atoms with Crippen LogP contribution in [0.2, 0.25) is 0 Å². The summed E-state index contributed by atoms with van der Waals surface area (Å²) in [6.45, 7) is 7.91. The van der Waals surface area contributed by atoms with E-state index in [1.54, 1.807) is 73.0 Å². The first-order valence-corrected chi connectivity index (χ1v) is 12.0. The third-order valence-corrected chi connectivity index (χ3v) is 5.57. The molecule has 2 N–H and O–H groups in total. The average molecular weight is 494 g/mol. The highest BCUT2D eigenvalue weighted by Crippen LogP contribution is 2.19. The quantitative estimate of drug-likeness (QED) is 0.238. The summed E-state index contributed by atoms with van der Waals surface area (Å²) in [7, 11) is 0. The molecule has 1 heterocycles. The second-order valence-corrected chi connectivity index (χ2v) is 8.66. The molecule has 0 aliphatic rings. The van der Waals surface area contributed by atoms with Crippen molar-refractivity contribution >= 4 is 35.2 Å². The first kappa shape index (κ1) is 25.7. The number of benzene rings is 2. The van der Waals surface area contributed by atoms with Gasteiger partial charge in [-0.05, 0) is 44.2 Å². The third-order valence-electron chi connectivity index (χ3n) is 4.61. The van der Waals surface area contributed by atoms with E-state index in [2.05, 4.69) is 27.4 Å². The summed E-state index contributed by atoms with van der Waals surface area (Å²) in [4.78, 5) is 36.9. The number of hydrogen-bond donors (Lipinski definition) is 2. The highest BCUT2D eigenvalue weighted by atomic mass is 32.2. The first-order chi connectivity index (χ1) is 16.9. The first-order valence-electron chi connectivity index (χ1n) is 11.0. The normalized spacial score (nSPS) is 10.6. The van der Waals surface area contributed by atoms with Gasteiger partial charge in [-0.2, -0.15) is 0 Å². The summed E-state index contributed by atoms with van der Waals surface area (Å²) in [5.74, 6) is -0.307. The second-order valence-electron chi connectivity index (χ2n) is 7.72. The highest BCUT2D eigenvalue weighted by molar-refractivity contribution is 7.99. The van der Waals surface area contributed by atoms with Gasteiger partial charge in [0.15, 0.2) is 11.0 Å². The number of anilines is 1. The monoisotopic (exact) mass is 493 g/mol. The van der Waals surface area contributed by atoms with Gasteiger partial charge in [0.05, 0.1) is 24.0 Å². The molecule has 3 aromatic rings. The maximum absolute atomic E-state index is 12.5. The lowest BCUT2D eigenvalue weighted by atomic mass is 10.2. The number of allylic oxidation sites excluding steroid dienone is 1. The Morgan fingerprint density at radius 1 is 1.09 bits per heavy atom. The molecule has 9 nitrogen and oxygen atoms in total. The van der Waals surface area contributed by atoms with Crippen molar-refractivity contribution in [1.29, 1.82) is 0 Å². The maximum atomic E-state index is 12.5. The molecule has 0 aliphatic carbocycles. The van der Waals surface area contributed by atoms with Crippen molar-refractivity contribution in [1.82, 2.24) is 20.1 Å². The molecular formula is C25H27N5O4S. The summed E-state index contributed by atoms with van der Waals surface area (Å²) < 4.78 is 6.98. The van der Waals surface area contributed by atoms with Gasteiger partial charge in [0.25, 0.3) is 5.91 Å². The van der Waals surface area contributed by atoms with E-state index in [0.29, 0.717) is 34.3 Å². The minimum Gasteiger partial charge on any atom is -0.459 e. The fraction of sp³-hybridized carbons (Fsp3) is 0.240. The van der Waals surface area contributed by atoms with Crippen LogP contribution in [0.4, 0.5) is 5.69 Å². The topological polar surface area (TPSA) is 115 Å². The van der Waals surface area contributed by atoms with Crippen LogP contribution in [0.25, 0.3) is 0 Å². The number of thioether (sulfide) groups is 1. The molecule has 0 spiro atoms. The Balaban J connectivity index is 1.59. The summed E-state index contributed by atoms with van der Waals surface area (Å²) in [6.07, 6.45) is 1.46. The van der Waals surface area contributed by atoms with Gasteiger partial charge in [-0.3, -0.25) is 9.59 Å². The maximum Gasteiger partial charge on any atom is 0.338 e. The Morgan fingerprint density at radius 2 is 1.83 bits per heavy atom. The van der Waals surface area contributed by atoms with Crippen molar-refractivity contribution in [3.8, 4) is 0 Å². The number of nitrogens with one attached hydrogen (secondary N) is 2. The molecule has 3 rings (SSSR count). The largest absolute Gasteiger partial charge is 0.459 e. The van der Waals surface area contributed by atoms with E-state index < -0.39 is 5.97 Å². The predicted octanol–water partition coefficient (Wildman–Crippen LogP) is 3.69. The molecule has 35 heavy (non-hydrogen) atoms. The van der Waals surface area contributed by atoms with Crippen LogP contribution in [0.15, 0.2) is 72.4 Å². The molecule has 0 atom stereocenters. The fourth-order valence-electron chi connectivity index (χ4n) is 3.05. The van der Waals surface area contributed by atoms with Gasteiger partial charge in [0.2, 0.25) is 5.91 Å². The summed E-state index contributed by atoms with van der Waals surface area (Å²) in [5.41, 5.74) is 1.40. The van der Waals surface area contributed by atoms with Crippen molar-refractivity contribution < 1.29 is 19.1 Å². The second kappa shape index (κ2) is 12.5. The van der Waals surface area contributed by atoms with Crippen molar-refractivity contribution in [2.24, 2.45) is 0 Å². The molecule has 2 amide bonds. The number of hydrogen-bond acceptors (Lipinski definition) is 7. The van der Waals surface area contributed by atoms with E-state index in [-0.39, 0.29) is 30.2 Å². The standard InChI is InChI=1S/C25H27N5O4S/c1-4-13-30-21(15-26-23(32)18-9-6-5-7-10-18)28-29-25(30)35-16-22(31)27-20-12-8-11-19(14-20)24(33)34-17(2)3/h4-12,14,17H,1,13,15-16H2,2-3H3,(H,26,32)(H,27,31). The smallest absolute Gasteiger partial charge is 0.338 e. The molecule has 0 bridgehead atoms. The lowest BCUT2D eigenvalue weighted by Gasteiger charge is -2.10. The molecule has 2 aromatic carbocycles. The van der Waals surface area contributed by atoms with Gasteiger partial charge < -0.3 is 19.9 Å². The molecule has 0 fully saturated rings. The van der Waals surface area contributed by atoms with Crippen LogP contribution >= 0.6 is 11.8 Å².